The summed E-state index contributed by atoms with van der Waals surface area (Å²) >= 11 is 0. The van der Waals surface area contributed by atoms with Crippen molar-refractivity contribution in [2.75, 3.05) is 19.6 Å². The molecule has 2 aliphatic heterocycles. The first-order valence-electron chi connectivity index (χ1n) is 7.05. The van der Waals surface area contributed by atoms with Crippen molar-refractivity contribution in [3.05, 3.63) is 0 Å². The molecule has 4 heteroatoms. The van der Waals surface area contributed by atoms with Crippen molar-refractivity contribution < 1.29 is 4.79 Å². The molecule has 1 saturated carbocycles. The minimum Gasteiger partial charge on any atom is -0.337 e. The normalized spacial score (nSPS) is 39.5. The summed E-state index contributed by atoms with van der Waals surface area (Å²) in [5, 5.41) is 0. The highest BCUT2D eigenvalue weighted by atomic mass is 16.2. The second-order valence-electron chi connectivity index (χ2n) is 5.79. The zero-order chi connectivity index (χ0) is 11.8. The largest absolute Gasteiger partial charge is 0.337 e. The summed E-state index contributed by atoms with van der Waals surface area (Å²) < 4.78 is 0. The van der Waals surface area contributed by atoms with Crippen LogP contribution in [-0.2, 0) is 4.79 Å². The Hall–Kier alpha value is -0.610. The predicted octanol–water partition coefficient (Wildman–Crippen LogP) is 0.563. The maximum absolute atomic E-state index is 11.6. The van der Waals surface area contributed by atoms with Crippen LogP contribution < -0.4 is 5.73 Å². The number of carbonyl (C=O) groups excluding carboxylic acids is 1. The Kier molecular flexibility index (Phi) is 3.09. The molecule has 0 aromatic rings. The molecule has 4 nitrogen and oxygen atoms in total. The molecule has 0 aromatic heterocycles. The molecule has 3 aliphatic rings. The molecule has 1 aliphatic carbocycles. The molecule has 0 bridgehead atoms. The van der Waals surface area contributed by atoms with E-state index >= 15 is 0 Å². The quantitative estimate of drug-likeness (QED) is 0.725. The molecule has 2 heterocycles. The minimum atomic E-state index is 0.354. The fraction of sp³-hybridized carbons (Fsp3) is 0.923. The minimum absolute atomic E-state index is 0.354. The van der Waals surface area contributed by atoms with Crippen LogP contribution in [0.5, 0.6) is 0 Å². The SMILES string of the molecule is NC1CCCCC1N1CCN2C(=O)CCC2C1. The van der Waals surface area contributed by atoms with Crippen LogP contribution in [-0.4, -0.2) is 53.5 Å². The molecule has 3 atom stereocenters. The number of piperazine rings is 1. The smallest absolute Gasteiger partial charge is 0.222 e. The fourth-order valence-corrected chi connectivity index (χ4v) is 3.78. The van der Waals surface area contributed by atoms with Gasteiger partial charge in [-0.05, 0) is 19.3 Å². The van der Waals surface area contributed by atoms with E-state index in [-0.39, 0.29) is 0 Å². The van der Waals surface area contributed by atoms with Gasteiger partial charge in [0.05, 0.1) is 0 Å². The lowest BCUT2D eigenvalue weighted by Gasteiger charge is -2.45. The summed E-state index contributed by atoms with van der Waals surface area (Å²) in [6.07, 6.45) is 6.85. The van der Waals surface area contributed by atoms with Gasteiger partial charge in [-0.1, -0.05) is 12.8 Å². The van der Waals surface area contributed by atoms with Crippen molar-refractivity contribution in [2.24, 2.45) is 5.73 Å². The molecule has 3 fully saturated rings. The Morgan fingerprint density at radius 3 is 2.76 bits per heavy atom. The molecule has 0 aromatic carbocycles. The molecule has 3 unspecified atom stereocenters. The van der Waals surface area contributed by atoms with Gasteiger partial charge in [-0.15, -0.1) is 0 Å². The topological polar surface area (TPSA) is 49.6 Å². The Balaban J connectivity index is 1.64. The van der Waals surface area contributed by atoms with E-state index in [0.717, 1.165) is 32.5 Å². The Labute approximate surface area is 103 Å². The van der Waals surface area contributed by atoms with E-state index in [1.165, 1.54) is 25.7 Å². The van der Waals surface area contributed by atoms with Crippen LogP contribution in [0.4, 0.5) is 0 Å². The monoisotopic (exact) mass is 237 g/mol. The molecule has 96 valence electrons. The highest BCUT2D eigenvalue weighted by Crippen LogP contribution is 2.28. The molecule has 2 N–H and O–H groups in total. The first kappa shape index (κ1) is 11.5. The van der Waals surface area contributed by atoms with Gasteiger partial charge in [-0.25, -0.2) is 0 Å². The lowest BCUT2D eigenvalue weighted by atomic mass is 9.89. The van der Waals surface area contributed by atoms with Gasteiger partial charge < -0.3 is 10.6 Å². The average molecular weight is 237 g/mol. The Morgan fingerprint density at radius 2 is 1.94 bits per heavy atom. The van der Waals surface area contributed by atoms with Crippen molar-refractivity contribution in [2.45, 2.75) is 56.7 Å². The number of carbonyl (C=O) groups is 1. The second-order valence-corrected chi connectivity index (χ2v) is 5.79. The molecule has 0 spiro atoms. The van der Waals surface area contributed by atoms with E-state index in [1.807, 2.05) is 0 Å². The van der Waals surface area contributed by atoms with Crippen molar-refractivity contribution in [3.8, 4) is 0 Å². The maximum atomic E-state index is 11.6. The van der Waals surface area contributed by atoms with Gasteiger partial charge in [-0.2, -0.15) is 0 Å². The third-order valence-corrected chi connectivity index (χ3v) is 4.78. The van der Waals surface area contributed by atoms with E-state index in [9.17, 15) is 4.79 Å². The predicted molar refractivity (Wildman–Crippen MR) is 66.5 cm³/mol. The number of fused-ring (bicyclic) bond motifs is 1. The summed E-state index contributed by atoms with van der Waals surface area (Å²) in [6, 6.07) is 1.40. The first-order chi connectivity index (χ1) is 8.25. The number of amides is 1. The number of hydrogen-bond acceptors (Lipinski definition) is 3. The maximum Gasteiger partial charge on any atom is 0.222 e. The molecular formula is C13H23N3O. The van der Waals surface area contributed by atoms with E-state index < -0.39 is 0 Å². The van der Waals surface area contributed by atoms with Crippen LogP contribution >= 0.6 is 0 Å². The summed E-state index contributed by atoms with van der Waals surface area (Å²) in [5.41, 5.74) is 6.25. The van der Waals surface area contributed by atoms with Gasteiger partial charge in [0.25, 0.3) is 0 Å². The third kappa shape index (κ3) is 2.08. The van der Waals surface area contributed by atoms with Gasteiger partial charge in [0, 0.05) is 44.2 Å². The summed E-state index contributed by atoms with van der Waals surface area (Å²) in [4.78, 5) is 16.3. The van der Waals surface area contributed by atoms with Gasteiger partial charge in [0.2, 0.25) is 5.91 Å². The highest BCUT2D eigenvalue weighted by Gasteiger charge is 2.38. The van der Waals surface area contributed by atoms with Crippen LogP contribution in [0.3, 0.4) is 0 Å². The standard InChI is InChI=1S/C13H23N3O/c14-11-3-1-2-4-12(11)15-7-8-16-10(9-15)5-6-13(16)17/h10-12H,1-9,14H2. The fourth-order valence-electron chi connectivity index (χ4n) is 3.78. The lowest BCUT2D eigenvalue weighted by molar-refractivity contribution is -0.131. The summed E-state index contributed by atoms with van der Waals surface area (Å²) in [7, 11) is 0. The number of nitrogens with zero attached hydrogens (tertiary/aromatic N) is 2. The highest BCUT2D eigenvalue weighted by molar-refractivity contribution is 5.78. The van der Waals surface area contributed by atoms with Crippen LogP contribution in [0.2, 0.25) is 0 Å². The second kappa shape index (κ2) is 4.58. The molecule has 0 radical (unpaired) electrons. The summed E-state index contributed by atoms with van der Waals surface area (Å²) in [5.74, 6) is 0.364. The number of hydrogen-bond donors (Lipinski definition) is 1. The van der Waals surface area contributed by atoms with Crippen molar-refractivity contribution in [1.82, 2.24) is 9.80 Å². The molecular weight excluding hydrogens is 214 g/mol. The van der Waals surface area contributed by atoms with Crippen LogP contribution in [0.15, 0.2) is 0 Å². The average Bonchev–Trinajstić information content (AvgIpc) is 2.71. The van der Waals surface area contributed by atoms with Crippen molar-refractivity contribution in [1.29, 1.82) is 0 Å². The van der Waals surface area contributed by atoms with Crippen LogP contribution in [0.25, 0.3) is 0 Å². The van der Waals surface area contributed by atoms with E-state index in [2.05, 4.69) is 9.80 Å². The molecule has 3 rings (SSSR count). The van der Waals surface area contributed by atoms with Gasteiger partial charge >= 0.3 is 0 Å². The number of rotatable bonds is 1. The zero-order valence-corrected chi connectivity index (χ0v) is 10.5. The molecule has 1 amide bonds. The first-order valence-corrected chi connectivity index (χ1v) is 7.05. The van der Waals surface area contributed by atoms with E-state index in [0.29, 0.717) is 24.0 Å². The van der Waals surface area contributed by atoms with E-state index in [1.54, 1.807) is 0 Å². The Morgan fingerprint density at radius 1 is 1.12 bits per heavy atom. The third-order valence-electron chi connectivity index (χ3n) is 4.78. The van der Waals surface area contributed by atoms with E-state index in [4.69, 9.17) is 5.73 Å². The zero-order valence-electron chi connectivity index (χ0n) is 10.5. The Bertz CT molecular complexity index is 307. The number of nitrogens with two attached hydrogens (primary N) is 1. The lowest BCUT2D eigenvalue weighted by Crippen LogP contribution is -2.59. The van der Waals surface area contributed by atoms with Crippen LogP contribution in [0, 0.1) is 0 Å². The summed E-state index contributed by atoms with van der Waals surface area (Å²) in [6.45, 7) is 3.01. The molecule has 17 heavy (non-hydrogen) atoms. The van der Waals surface area contributed by atoms with Crippen LogP contribution in [0.1, 0.15) is 38.5 Å². The molecule has 2 saturated heterocycles. The van der Waals surface area contributed by atoms with Crippen molar-refractivity contribution >= 4 is 5.91 Å². The van der Waals surface area contributed by atoms with Gasteiger partial charge in [0.1, 0.15) is 0 Å². The van der Waals surface area contributed by atoms with Gasteiger partial charge in [0.15, 0.2) is 0 Å². The van der Waals surface area contributed by atoms with Gasteiger partial charge in [-0.3, -0.25) is 9.69 Å². The van der Waals surface area contributed by atoms with Crippen molar-refractivity contribution in [3.63, 3.8) is 0 Å².